The van der Waals surface area contributed by atoms with Gasteiger partial charge in [0.25, 0.3) is 5.56 Å². The van der Waals surface area contributed by atoms with E-state index in [9.17, 15) is 4.79 Å². The number of ether oxygens (including phenoxy) is 1. The summed E-state index contributed by atoms with van der Waals surface area (Å²) in [4.78, 5) is 11.1. The molecule has 0 aliphatic heterocycles. The lowest BCUT2D eigenvalue weighted by Crippen LogP contribution is -2.03. The Kier molecular flexibility index (Phi) is 3.07. The third kappa shape index (κ3) is 2.33. The van der Waals surface area contributed by atoms with Gasteiger partial charge in [0.15, 0.2) is 5.76 Å². The van der Waals surface area contributed by atoms with Crippen molar-refractivity contribution in [3.63, 3.8) is 0 Å². The Morgan fingerprint density at radius 1 is 1.09 bits per heavy atom. The van der Waals surface area contributed by atoms with Gasteiger partial charge >= 0.3 is 0 Å². The fourth-order valence-corrected chi connectivity index (χ4v) is 2.93. The monoisotopic (exact) mass is 293 g/mol. The standard InChI is InChI=1S/C18H15NO3/c20-18-11-17(22-19-18)13-5-8-14(9-6-13)21-16-10-7-12-3-1-2-4-15(12)16/h1-6,8-9,11,16H,7,10H2,(H,19,20)/t16-/m1/s1. The van der Waals surface area contributed by atoms with Gasteiger partial charge < -0.3 is 9.26 Å². The first-order valence-corrected chi connectivity index (χ1v) is 7.33. The lowest BCUT2D eigenvalue weighted by molar-refractivity contribution is 0.207. The van der Waals surface area contributed by atoms with Crippen molar-refractivity contribution in [2.75, 3.05) is 0 Å². The minimum atomic E-state index is -0.238. The van der Waals surface area contributed by atoms with Crippen LogP contribution in [0.1, 0.15) is 23.7 Å². The van der Waals surface area contributed by atoms with Gasteiger partial charge in [0, 0.05) is 5.56 Å². The maximum atomic E-state index is 11.1. The van der Waals surface area contributed by atoms with Gasteiger partial charge in [-0.3, -0.25) is 4.79 Å². The molecule has 1 atom stereocenters. The third-order valence-corrected chi connectivity index (χ3v) is 4.02. The van der Waals surface area contributed by atoms with Crippen molar-refractivity contribution < 1.29 is 9.26 Å². The molecule has 0 fully saturated rings. The van der Waals surface area contributed by atoms with Gasteiger partial charge in [0.05, 0.1) is 6.07 Å². The highest BCUT2D eigenvalue weighted by Gasteiger charge is 2.23. The van der Waals surface area contributed by atoms with Crippen molar-refractivity contribution >= 4 is 0 Å². The molecule has 4 heteroatoms. The Hall–Kier alpha value is -2.75. The summed E-state index contributed by atoms with van der Waals surface area (Å²) in [7, 11) is 0. The van der Waals surface area contributed by atoms with Gasteiger partial charge in [-0.25, -0.2) is 0 Å². The number of aryl methyl sites for hydroxylation is 1. The van der Waals surface area contributed by atoms with E-state index >= 15 is 0 Å². The van der Waals surface area contributed by atoms with E-state index in [1.165, 1.54) is 17.2 Å². The van der Waals surface area contributed by atoms with E-state index in [1.807, 2.05) is 24.3 Å². The van der Waals surface area contributed by atoms with E-state index in [0.717, 1.165) is 24.2 Å². The number of aromatic amines is 1. The summed E-state index contributed by atoms with van der Waals surface area (Å²) in [6.45, 7) is 0. The van der Waals surface area contributed by atoms with E-state index < -0.39 is 0 Å². The lowest BCUT2D eigenvalue weighted by Gasteiger charge is -2.15. The van der Waals surface area contributed by atoms with Crippen LogP contribution in [-0.4, -0.2) is 5.16 Å². The molecule has 2 aromatic carbocycles. The summed E-state index contributed by atoms with van der Waals surface area (Å²) in [5.41, 5.74) is 3.26. The molecule has 0 radical (unpaired) electrons. The highest BCUT2D eigenvalue weighted by Crippen LogP contribution is 2.35. The van der Waals surface area contributed by atoms with Crippen LogP contribution in [0.25, 0.3) is 11.3 Å². The van der Waals surface area contributed by atoms with Crippen molar-refractivity contribution in [1.82, 2.24) is 5.16 Å². The second-order valence-electron chi connectivity index (χ2n) is 5.45. The fraction of sp³-hybridized carbons (Fsp3) is 0.167. The predicted molar refractivity (Wildman–Crippen MR) is 82.9 cm³/mol. The number of aromatic nitrogens is 1. The highest BCUT2D eigenvalue weighted by atomic mass is 16.5. The van der Waals surface area contributed by atoms with Gasteiger partial charge in [0.2, 0.25) is 0 Å². The Morgan fingerprint density at radius 3 is 2.68 bits per heavy atom. The smallest absolute Gasteiger partial charge is 0.280 e. The van der Waals surface area contributed by atoms with Crippen LogP contribution in [0.4, 0.5) is 0 Å². The Bertz CT molecular complexity index is 845. The van der Waals surface area contributed by atoms with E-state index in [2.05, 4.69) is 29.4 Å². The molecule has 0 saturated heterocycles. The van der Waals surface area contributed by atoms with E-state index in [-0.39, 0.29) is 11.7 Å². The summed E-state index contributed by atoms with van der Waals surface area (Å²) in [6, 6.07) is 17.4. The van der Waals surface area contributed by atoms with Crippen LogP contribution in [-0.2, 0) is 6.42 Å². The molecule has 4 rings (SSSR count). The molecule has 0 amide bonds. The Labute approximate surface area is 127 Å². The Morgan fingerprint density at radius 2 is 1.91 bits per heavy atom. The molecule has 110 valence electrons. The largest absolute Gasteiger partial charge is 0.486 e. The minimum absolute atomic E-state index is 0.118. The normalized spacial score (nSPS) is 16.5. The van der Waals surface area contributed by atoms with Crippen molar-refractivity contribution in [2.45, 2.75) is 18.9 Å². The van der Waals surface area contributed by atoms with Gasteiger partial charge in [0.1, 0.15) is 11.9 Å². The molecule has 1 aliphatic carbocycles. The van der Waals surface area contributed by atoms with Gasteiger partial charge in [-0.1, -0.05) is 24.3 Å². The predicted octanol–water partition coefficient (Wildman–Crippen LogP) is 3.70. The highest BCUT2D eigenvalue weighted by molar-refractivity contribution is 5.57. The molecule has 22 heavy (non-hydrogen) atoms. The topological polar surface area (TPSA) is 55.2 Å². The van der Waals surface area contributed by atoms with Crippen molar-refractivity contribution in [3.8, 4) is 17.1 Å². The van der Waals surface area contributed by atoms with Crippen LogP contribution in [0.5, 0.6) is 5.75 Å². The zero-order chi connectivity index (χ0) is 14.9. The molecule has 4 nitrogen and oxygen atoms in total. The number of nitrogens with one attached hydrogen (secondary N) is 1. The minimum Gasteiger partial charge on any atom is -0.486 e. The maximum Gasteiger partial charge on any atom is 0.280 e. The van der Waals surface area contributed by atoms with Crippen molar-refractivity contribution in [2.24, 2.45) is 0 Å². The van der Waals surface area contributed by atoms with Crippen LogP contribution in [0.3, 0.4) is 0 Å². The van der Waals surface area contributed by atoms with Crippen LogP contribution >= 0.6 is 0 Å². The molecule has 3 aromatic rings. The molecule has 0 unspecified atom stereocenters. The van der Waals surface area contributed by atoms with Gasteiger partial charge in [-0.2, -0.15) is 5.16 Å². The molecule has 1 aromatic heterocycles. The van der Waals surface area contributed by atoms with E-state index in [0.29, 0.717) is 5.76 Å². The number of hydrogen-bond acceptors (Lipinski definition) is 3. The number of benzene rings is 2. The molecule has 0 saturated carbocycles. The summed E-state index contributed by atoms with van der Waals surface area (Å²) in [5, 5.41) is 2.29. The fourth-order valence-electron chi connectivity index (χ4n) is 2.93. The van der Waals surface area contributed by atoms with E-state index in [1.54, 1.807) is 0 Å². The van der Waals surface area contributed by atoms with Crippen LogP contribution < -0.4 is 10.3 Å². The number of H-pyrrole nitrogens is 1. The van der Waals surface area contributed by atoms with Gasteiger partial charge in [-0.15, -0.1) is 0 Å². The van der Waals surface area contributed by atoms with Crippen LogP contribution in [0, 0.1) is 0 Å². The molecular weight excluding hydrogens is 278 g/mol. The quantitative estimate of drug-likeness (QED) is 0.801. The average Bonchev–Trinajstić information content (AvgIpc) is 3.15. The zero-order valence-corrected chi connectivity index (χ0v) is 11.9. The van der Waals surface area contributed by atoms with Crippen LogP contribution in [0.2, 0.25) is 0 Å². The summed E-state index contributed by atoms with van der Waals surface area (Å²) in [6.07, 6.45) is 2.19. The SMILES string of the molecule is O=c1cc(-c2ccc(O[C@@H]3CCc4ccccc43)cc2)o[nH]1. The summed E-state index contributed by atoms with van der Waals surface area (Å²) in [5.74, 6) is 1.35. The zero-order valence-electron chi connectivity index (χ0n) is 11.9. The van der Waals surface area contributed by atoms with E-state index in [4.69, 9.17) is 9.26 Å². The molecule has 0 bridgehead atoms. The van der Waals surface area contributed by atoms with Gasteiger partial charge in [-0.05, 0) is 48.2 Å². The van der Waals surface area contributed by atoms with Crippen LogP contribution in [0.15, 0.2) is 63.9 Å². The maximum absolute atomic E-state index is 11.1. The van der Waals surface area contributed by atoms with Crippen molar-refractivity contribution in [3.05, 3.63) is 76.1 Å². The first-order valence-electron chi connectivity index (χ1n) is 7.33. The molecule has 0 spiro atoms. The molecular formula is C18H15NO3. The lowest BCUT2D eigenvalue weighted by atomic mass is 10.1. The van der Waals surface area contributed by atoms with Crippen molar-refractivity contribution in [1.29, 1.82) is 0 Å². The first kappa shape index (κ1) is 13.0. The number of rotatable bonds is 3. The summed E-state index contributed by atoms with van der Waals surface area (Å²) < 4.78 is 11.2. The second-order valence-corrected chi connectivity index (χ2v) is 5.45. The average molecular weight is 293 g/mol. The number of hydrogen-bond donors (Lipinski definition) is 1. The summed E-state index contributed by atoms with van der Waals surface area (Å²) >= 11 is 0. The molecule has 1 aliphatic rings. The molecule has 1 N–H and O–H groups in total. The Balaban J connectivity index is 1.54. The first-order chi connectivity index (χ1) is 10.8. The molecule has 1 heterocycles. The second kappa shape index (κ2) is 5.22. The number of fused-ring (bicyclic) bond motifs is 1. The third-order valence-electron chi connectivity index (χ3n) is 4.02.